The van der Waals surface area contributed by atoms with E-state index in [0.29, 0.717) is 25.1 Å². The van der Waals surface area contributed by atoms with Crippen LogP contribution in [-0.2, 0) is 16.9 Å². The molecule has 0 fully saturated rings. The molecule has 35 heavy (non-hydrogen) atoms. The van der Waals surface area contributed by atoms with Crippen LogP contribution in [0.4, 0.5) is 5.69 Å². The largest absolute Gasteiger partial charge is 0.395 e. The van der Waals surface area contributed by atoms with Gasteiger partial charge in [0.2, 0.25) is 0 Å². The van der Waals surface area contributed by atoms with Crippen molar-refractivity contribution >= 4 is 34.2 Å². The third kappa shape index (κ3) is 4.96. The van der Waals surface area contributed by atoms with Gasteiger partial charge in [-0.1, -0.05) is 60.7 Å². The first-order valence-corrected chi connectivity index (χ1v) is 12.7. The van der Waals surface area contributed by atoms with E-state index >= 15 is 0 Å². The Bertz CT molecular complexity index is 1230. The number of aryl methyl sites for hydroxylation is 1. The number of amides is 1. The van der Waals surface area contributed by atoms with Crippen molar-refractivity contribution in [1.82, 2.24) is 15.0 Å². The Hall–Kier alpha value is -2.82. The molecule has 1 aliphatic heterocycles. The molecule has 3 atom stereocenters. The molecule has 182 valence electrons. The molecule has 8 heteroatoms. The molecule has 0 bridgehead atoms. The summed E-state index contributed by atoms with van der Waals surface area (Å²) in [5.41, 5.74) is 1.44. The number of hydrogen-bond donors (Lipinski definition) is 2. The number of anilines is 1. The van der Waals surface area contributed by atoms with E-state index in [1.54, 1.807) is 15.7 Å². The van der Waals surface area contributed by atoms with Crippen LogP contribution in [0.25, 0.3) is 0 Å². The van der Waals surface area contributed by atoms with Crippen LogP contribution in [0.5, 0.6) is 0 Å². The predicted octanol–water partition coefficient (Wildman–Crippen LogP) is 4.01. The van der Waals surface area contributed by atoms with Gasteiger partial charge in [0, 0.05) is 34.3 Å². The Morgan fingerprint density at radius 3 is 2.71 bits per heavy atom. The van der Waals surface area contributed by atoms with Gasteiger partial charge >= 0.3 is 0 Å². The molecule has 0 aliphatic carbocycles. The number of aromatic nitrogens is 3. The zero-order valence-electron chi connectivity index (χ0n) is 19.6. The van der Waals surface area contributed by atoms with Crippen LogP contribution in [0, 0.1) is 9.49 Å². The summed E-state index contributed by atoms with van der Waals surface area (Å²) in [5, 5.41) is 29.9. The Kier molecular flexibility index (Phi) is 7.83. The third-order valence-electron chi connectivity index (χ3n) is 6.45. The SMILES string of the molecule is C=CCN1C(=O)[C@](O)([C@H](C)/C=C/CCn2cc(C(CO)c3ccccc3)nn2)c2cc(I)ccc21. The van der Waals surface area contributed by atoms with E-state index in [1.807, 2.05) is 73.8 Å². The third-order valence-corrected chi connectivity index (χ3v) is 7.12. The Balaban J connectivity index is 1.44. The van der Waals surface area contributed by atoms with Crippen LogP contribution in [-0.4, -0.2) is 44.3 Å². The topological polar surface area (TPSA) is 91.5 Å². The summed E-state index contributed by atoms with van der Waals surface area (Å²) < 4.78 is 2.71. The average Bonchev–Trinajstić information content (AvgIpc) is 3.41. The highest BCUT2D eigenvalue weighted by molar-refractivity contribution is 14.1. The van der Waals surface area contributed by atoms with E-state index in [9.17, 15) is 15.0 Å². The first-order valence-electron chi connectivity index (χ1n) is 11.6. The van der Waals surface area contributed by atoms with Gasteiger partial charge in [0.05, 0.1) is 23.9 Å². The summed E-state index contributed by atoms with van der Waals surface area (Å²) in [4.78, 5) is 14.8. The number of fused-ring (bicyclic) bond motifs is 1. The number of carbonyl (C=O) groups is 1. The molecule has 0 spiro atoms. The lowest BCUT2D eigenvalue weighted by Gasteiger charge is -2.27. The molecule has 0 saturated heterocycles. The minimum atomic E-state index is -1.62. The van der Waals surface area contributed by atoms with Gasteiger partial charge in [-0.15, -0.1) is 11.7 Å². The smallest absolute Gasteiger partial charge is 0.264 e. The van der Waals surface area contributed by atoms with E-state index in [2.05, 4.69) is 39.5 Å². The number of nitrogens with zero attached hydrogens (tertiary/aromatic N) is 4. The van der Waals surface area contributed by atoms with Crippen LogP contribution in [0.2, 0.25) is 0 Å². The molecule has 1 aromatic heterocycles. The molecule has 4 rings (SSSR count). The maximum absolute atomic E-state index is 13.2. The quantitative estimate of drug-likeness (QED) is 0.278. The Morgan fingerprint density at radius 1 is 1.23 bits per heavy atom. The number of benzene rings is 2. The van der Waals surface area contributed by atoms with Crippen molar-refractivity contribution in [3.05, 3.63) is 99.9 Å². The highest BCUT2D eigenvalue weighted by Gasteiger charge is 2.52. The summed E-state index contributed by atoms with van der Waals surface area (Å²) in [7, 11) is 0. The number of halogens is 1. The lowest BCUT2D eigenvalue weighted by Crippen LogP contribution is -2.44. The van der Waals surface area contributed by atoms with Crippen LogP contribution < -0.4 is 4.90 Å². The highest BCUT2D eigenvalue weighted by Crippen LogP contribution is 2.45. The van der Waals surface area contributed by atoms with Gasteiger partial charge in [-0.05, 0) is 52.8 Å². The first-order chi connectivity index (χ1) is 16.9. The zero-order valence-corrected chi connectivity index (χ0v) is 21.7. The first kappa shape index (κ1) is 25.3. The monoisotopic (exact) mass is 584 g/mol. The van der Waals surface area contributed by atoms with Crippen LogP contribution >= 0.6 is 22.6 Å². The lowest BCUT2D eigenvalue weighted by molar-refractivity contribution is -0.139. The van der Waals surface area contributed by atoms with Crippen molar-refractivity contribution in [2.45, 2.75) is 31.4 Å². The molecule has 3 aromatic rings. The molecular formula is C27H29IN4O3. The summed E-state index contributed by atoms with van der Waals surface area (Å²) in [6.07, 6.45) is 8.02. The summed E-state index contributed by atoms with van der Waals surface area (Å²) in [6, 6.07) is 15.4. The number of hydrogen-bond acceptors (Lipinski definition) is 5. The number of aliphatic hydroxyl groups excluding tert-OH is 1. The summed E-state index contributed by atoms with van der Waals surface area (Å²) in [6.45, 7) is 6.49. The van der Waals surface area contributed by atoms with Crippen LogP contribution in [0.1, 0.15) is 36.1 Å². The summed E-state index contributed by atoms with van der Waals surface area (Å²) in [5.74, 6) is -0.974. The van der Waals surface area contributed by atoms with Gasteiger partial charge < -0.3 is 15.1 Å². The van der Waals surface area contributed by atoms with Crippen molar-refractivity contribution in [3.63, 3.8) is 0 Å². The number of allylic oxidation sites excluding steroid dienone is 1. The molecule has 2 aromatic carbocycles. The molecule has 0 radical (unpaired) electrons. The maximum Gasteiger partial charge on any atom is 0.264 e. The summed E-state index contributed by atoms with van der Waals surface area (Å²) >= 11 is 2.19. The zero-order chi connectivity index (χ0) is 25.0. The average molecular weight is 584 g/mol. The molecule has 1 unspecified atom stereocenters. The predicted molar refractivity (Wildman–Crippen MR) is 144 cm³/mol. The lowest BCUT2D eigenvalue weighted by atomic mass is 9.83. The second kappa shape index (κ2) is 10.8. The van der Waals surface area contributed by atoms with Gasteiger partial charge in [0.25, 0.3) is 5.91 Å². The normalized spacial score (nSPS) is 19.2. The van der Waals surface area contributed by atoms with Crippen molar-refractivity contribution in [2.24, 2.45) is 5.92 Å². The Morgan fingerprint density at radius 2 is 2.00 bits per heavy atom. The number of rotatable bonds is 10. The van der Waals surface area contributed by atoms with Crippen molar-refractivity contribution in [1.29, 1.82) is 0 Å². The minimum Gasteiger partial charge on any atom is -0.395 e. The van der Waals surface area contributed by atoms with Gasteiger partial charge in [-0.25, -0.2) is 0 Å². The van der Waals surface area contributed by atoms with Crippen LogP contribution in [0.3, 0.4) is 0 Å². The van der Waals surface area contributed by atoms with Crippen molar-refractivity contribution in [3.8, 4) is 0 Å². The maximum atomic E-state index is 13.2. The van der Waals surface area contributed by atoms with Crippen molar-refractivity contribution in [2.75, 3.05) is 18.1 Å². The molecule has 1 amide bonds. The van der Waals surface area contributed by atoms with Crippen LogP contribution in [0.15, 0.2) is 79.5 Å². The van der Waals surface area contributed by atoms with E-state index in [0.717, 1.165) is 20.5 Å². The molecule has 2 heterocycles. The molecular weight excluding hydrogens is 555 g/mol. The van der Waals surface area contributed by atoms with E-state index in [1.165, 1.54) is 0 Å². The fourth-order valence-corrected chi connectivity index (χ4v) is 5.00. The second-order valence-electron chi connectivity index (χ2n) is 8.69. The standard InChI is InChI=1S/C27H29IN4O3/c1-3-14-32-25-13-12-21(28)16-23(25)27(35,26(32)34)19(2)9-7-8-15-31-17-24(29-30-31)22(18-33)20-10-5-4-6-11-20/h3-7,9-13,16-17,19,22,33,35H,1,8,14-15,18H2,2H3/b9-7+/t19-,22?,27+/m1/s1. The number of aliphatic hydroxyl groups is 2. The van der Waals surface area contributed by atoms with E-state index in [-0.39, 0.29) is 18.4 Å². The van der Waals surface area contributed by atoms with E-state index < -0.39 is 11.5 Å². The molecule has 2 N–H and O–H groups in total. The minimum absolute atomic E-state index is 0.0456. The Labute approximate surface area is 218 Å². The van der Waals surface area contributed by atoms with Gasteiger partial charge in [-0.3, -0.25) is 9.48 Å². The van der Waals surface area contributed by atoms with Gasteiger partial charge in [0.1, 0.15) is 0 Å². The van der Waals surface area contributed by atoms with E-state index in [4.69, 9.17) is 0 Å². The highest BCUT2D eigenvalue weighted by atomic mass is 127. The van der Waals surface area contributed by atoms with Gasteiger partial charge in [-0.2, -0.15) is 0 Å². The molecule has 7 nitrogen and oxygen atoms in total. The second-order valence-corrected chi connectivity index (χ2v) is 9.94. The fraction of sp³-hybridized carbons (Fsp3) is 0.296. The van der Waals surface area contributed by atoms with Crippen molar-refractivity contribution < 1.29 is 15.0 Å². The number of carbonyl (C=O) groups excluding carboxylic acids is 1. The molecule has 0 saturated carbocycles. The molecule has 1 aliphatic rings. The fourth-order valence-electron chi connectivity index (χ4n) is 4.51. The van der Waals surface area contributed by atoms with Gasteiger partial charge in [0.15, 0.2) is 5.60 Å².